The van der Waals surface area contributed by atoms with E-state index in [4.69, 9.17) is 5.73 Å². The molecule has 0 radical (unpaired) electrons. The molecule has 18 heavy (non-hydrogen) atoms. The van der Waals surface area contributed by atoms with E-state index in [2.05, 4.69) is 10.3 Å². The van der Waals surface area contributed by atoms with Crippen molar-refractivity contribution in [2.45, 2.75) is 26.8 Å². The first-order chi connectivity index (χ1) is 8.49. The zero-order chi connectivity index (χ0) is 13.3. The number of para-hydroxylation sites is 1. The number of nitrogens with two attached hydrogens (primary N) is 1. The van der Waals surface area contributed by atoms with Crippen LogP contribution in [-0.4, -0.2) is 16.9 Å². The van der Waals surface area contributed by atoms with Gasteiger partial charge in [0.1, 0.15) is 0 Å². The Bertz CT molecular complexity index is 577. The minimum absolute atomic E-state index is 0.0818. The maximum atomic E-state index is 11.9. The topological polar surface area (TPSA) is 68.0 Å². The van der Waals surface area contributed by atoms with Gasteiger partial charge in [0.2, 0.25) is 5.91 Å². The number of thiazole rings is 1. The summed E-state index contributed by atoms with van der Waals surface area (Å²) in [7, 11) is 0. The Balaban J connectivity index is 2.23. The SMILES string of the molecule is Cc1cccc2sc(NC(=O)C(C)C(C)N)nc12. The van der Waals surface area contributed by atoms with Crippen molar-refractivity contribution in [3.8, 4) is 0 Å². The fourth-order valence-corrected chi connectivity index (χ4v) is 2.54. The van der Waals surface area contributed by atoms with Gasteiger partial charge in [0, 0.05) is 6.04 Å². The zero-order valence-corrected chi connectivity index (χ0v) is 11.5. The van der Waals surface area contributed by atoms with E-state index >= 15 is 0 Å². The molecule has 1 amide bonds. The van der Waals surface area contributed by atoms with Gasteiger partial charge < -0.3 is 11.1 Å². The highest BCUT2D eigenvalue weighted by Crippen LogP contribution is 2.28. The molecule has 5 heteroatoms. The van der Waals surface area contributed by atoms with Crippen LogP contribution in [0.1, 0.15) is 19.4 Å². The number of carbonyl (C=O) groups excluding carboxylic acids is 1. The second kappa shape index (κ2) is 5.04. The lowest BCUT2D eigenvalue weighted by atomic mass is 10.0. The Morgan fingerprint density at radius 1 is 1.44 bits per heavy atom. The van der Waals surface area contributed by atoms with Gasteiger partial charge in [0.15, 0.2) is 5.13 Å². The molecule has 0 bridgehead atoms. The third kappa shape index (κ3) is 2.52. The minimum atomic E-state index is -0.224. The normalized spacial score (nSPS) is 14.4. The molecule has 3 N–H and O–H groups in total. The Morgan fingerprint density at radius 3 is 2.78 bits per heavy atom. The van der Waals surface area contributed by atoms with Gasteiger partial charge >= 0.3 is 0 Å². The van der Waals surface area contributed by atoms with Crippen LogP contribution in [0.5, 0.6) is 0 Å². The summed E-state index contributed by atoms with van der Waals surface area (Å²) in [6, 6.07) is 5.84. The van der Waals surface area contributed by atoms with Crippen LogP contribution in [0.15, 0.2) is 18.2 Å². The number of aromatic nitrogens is 1. The average molecular weight is 263 g/mol. The van der Waals surface area contributed by atoms with Crippen molar-refractivity contribution in [1.82, 2.24) is 4.98 Å². The van der Waals surface area contributed by atoms with Crippen LogP contribution in [0.25, 0.3) is 10.2 Å². The van der Waals surface area contributed by atoms with E-state index in [9.17, 15) is 4.79 Å². The molecule has 2 atom stereocenters. The average Bonchev–Trinajstić information content (AvgIpc) is 2.71. The standard InChI is InChI=1S/C13H17N3OS/c1-7-5-4-6-10-11(7)15-13(18-10)16-12(17)8(2)9(3)14/h4-6,8-9H,14H2,1-3H3,(H,15,16,17). The number of aryl methyl sites for hydroxylation is 1. The molecular weight excluding hydrogens is 246 g/mol. The molecule has 2 rings (SSSR count). The zero-order valence-electron chi connectivity index (χ0n) is 10.7. The van der Waals surface area contributed by atoms with E-state index in [1.807, 2.05) is 39.0 Å². The van der Waals surface area contributed by atoms with Crippen LogP contribution in [0.2, 0.25) is 0 Å². The van der Waals surface area contributed by atoms with E-state index in [0.29, 0.717) is 5.13 Å². The first kappa shape index (κ1) is 13.0. The molecule has 1 aromatic heterocycles. The molecule has 0 spiro atoms. The van der Waals surface area contributed by atoms with E-state index < -0.39 is 0 Å². The summed E-state index contributed by atoms with van der Waals surface area (Å²) in [5.41, 5.74) is 7.78. The lowest BCUT2D eigenvalue weighted by molar-refractivity contribution is -0.119. The van der Waals surface area contributed by atoms with Crippen LogP contribution in [0.3, 0.4) is 0 Å². The predicted molar refractivity (Wildman–Crippen MR) is 75.8 cm³/mol. The molecule has 0 saturated carbocycles. The molecule has 0 saturated heterocycles. The van der Waals surface area contributed by atoms with Gasteiger partial charge in [0.05, 0.1) is 16.1 Å². The minimum Gasteiger partial charge on any atom is -0.327 e. The largest absolute Gasteiger partial charge is 0.327 e. The lowest BCUT2D eigenvalue weighted by Gasteiger charge is -2.13. The number of benzene rings is 1. The molecular formula is C13H17N3OS. The van der Waals surface area contributed by atoms with Gasteiger partial charge in [-0.2, -0.15) is 0 Å². The van der Waals surface area contributed by atoms with Gasteiger partial charge in [-0.1, -0.05) is 30.4 Å². The van der Waals surface area contributed by atoms with Crippen molar-refractivity contribution >= 4 is 32.6 Å². The lowest BCUT2D eigenvalue weighted by Crippen LogP contribution is -2.34. The van der Waals surface area contributed by atoms with E-state index in [-0.39, 0.29) is 17.9 Å². The molecule has 4 nitrogen and oxygen atoms in total. The smallest absolute Gasteiger partial charge is 0.230 e. The highest BCUT2D eigenvalue weighted by molar-refractivity contribution is 7.22. The molecule has 1 heterocycles. The van der Waals surface area contributed by atoms with E-state index in [0.717, 1.165) is 15.8 Å². The molecule has 0 fully saturated rings. The summed E-state index contributed by atoms with van der Waals surface area (Å²) < 4.78 is 1.08. The number of hydrogen-bond donors (Lipinski definition) is 2. The molecule has 0 aliphatic rings. The summed E-state index contributed by atoms with van der Waals surface area (Å²) in [6.07, 6.45) is 0. The summed E-state index contributed by atoms with van der Waals surface area (Å²) in [6.45, 7) is 5.66. The maximum Gasteiger partial charge on any atom is 0.230 e. The number of amides is 1. The molecule has 0 aliphatic carbocycles. The molecule has 0 aliphatic heterocycles. The Hall–Kier alpha value is -1.46. The van der Waals surface area contributed by atoms with Crippen LogP contribution in [-0.2, 0) is 4.79 Å². The third-order valence-electron chi connectivity index (χ3n) is 3.05. The van der Waals surface area contributed by atoms with E-state index in [1.165, 1.54) is 11.3 Å². The fraction of sp³-hybridized carbons (Fsp3) is 0.385. The maximum absolute atomic E-state index is 11.9. The number of rotatable bonds is 3. The molecule has 2 unspecified atom stereocenters. The second-order valence-electron chi connectivity index (χ2n) is 4.58. The number of nitrogens with one attached hydrogen (secondary N) is 1. The second-order valence-corrected chi connectivity index (χ2v) is 5.61. The number of anilines is 1. The van der Waals surface area contributed by atoms with Crippen molar-refractivity contribution < 1.29 is 4.79 Å². The first-order valence-corrected chi connectivity index (χ1v) is 6.73. The van der Waals surface area contributed by atoms with Crippen LogP contribution in [0, 0.1) is 12.8 Å². The van der Waals surface area contributed by atoms with Crippen molar-refractivity contribution in [2.24, 2.45) is 11.7 Å². The summed E-state index contributed by atoms with van der Waals surface area (Å²) in [5.74, 6) is -0.306. The van der Waals surface area contributed by atoms with Crippen LogP contribution >= 0.6 is 11.3 Å². The van der Waals surface area contributed by atoms with Gasteiger partial charge in [-0.25, -0.2) is 4.98 Å². The third-order valence-corrected chi connectivity index (χ3v) is 3.99. The fourth-order valence-electron chi connectivity index (χ4n) is 1.60. The van der Waals surface area contributed by atoms with Gasteiger partial charge in [-0.3, -0.25) is 4.79 Å². The predicted octanol–water partition coefficient (Wildman–Crippen LogP) is 2.53. The van der Waals surface area contributed by atoms with Gasteiger partial charge in [0.25, 0.3) is 0 Å². The van der Waals surface area contributed by atoms with E-state index in [1.54, 1.807) is 0 Å². The monoisotopic (exact) mass is 263 g/mol. The summed E-state index contributed by atoms with van der Waals surface area (Å²) >= 11 is 1.49. The molecule has 96 valence electrons. The molecule has 2 aromatic rings. The Labute approximate surface area is 110 Å². The highest BCUT2D eigenvalue weighted by atomic mass is 32.1. The van der Waals surface area contributed by atoms with Gasteiger partial charge in [-0.15, -0.1) is 0 Å². The number of fused-ring (bicyclic) bond motifs is 1. The molecule has 1 aromatic carbocycles. The Morgan fingerprint density at radius 2 is 2.17 bits per heavy atom. The van der Waals surface area contributed by atoms with Crippen molar-refractivity contribution in [2.75, 3.05) is 5.32 Å². The number of nitrogens with zero attached hydrogens (tertiary/aromatic N) is 1. The number of hydrogen-bond acceptors (Lipinski definition) is 4. The highest BCUT2D eigenvalue weighted by Gasteiger charge is 2.18. The summed E-state index contributed by atoms with van der Waals surface area (Å²) in [4.78, 5) is 16.3. The quantitative estimate of drug-likeness (QED) is 0.894. The van der Waals surface area contributed by atoms with Gasteiger partial charge in [-0.05, 0) is 25.5 Å². The number of carbonyl (C=O) groups is 1. The first-order valence-electron chi connectivity index (χ1n) is 5.91. The van der Waals surface area contributed by atoms with Crippen LogP contribution in [0.4, 0.5) is 5.13 Å². The van der Waals surface area contributed by atoms with Crippen LogP contribution < -0.4 is 11.1 Å². The van der Waals surface area contributed by atoms with Crippen molar-refractivity contribution in [3.05, 3.63) is 23.8 Å². The van der Waals surface area contributed by atoms with Crippen molar-refractivity contribution in [1.29, 1.82) is 0 Å². The summed E-state index contributed by atoms with van der Waals surface area (Å²) in [5, 5.41) is 3.46. The Kier molecular flexibility index (Phi) is 3.63. The van der Waals surface area contributed by atoms with Crippen molar-refractivity contribution in [3.63, 3.8) is 0 Å².